The van der Waals surface area contributed by atoms with Crippen molar-refractivity contribution in [2.75, 3.05) is 20.1 Å². The third-order valence-corrected chi connectivity index (χ3v) is 3.78. The van der Waals surface area contributed by atoms with Crippen molar-refractivity contribution in [3.8, 4) is 0 Å². The number of carboxylic acid groups (broad SMARTS) is 1. The van der Waals surface area contributed by atoms with Crippen LogP contribution in [0.2, 0.25) is 0 Å². The minimum absolute atomic E-state index is 0.134. The average molecular weight is 249 g/mol. The summed E-state index contributed by atoms with van der Waals surface area (Å²) in [5.41, 5.74) is 0.243. The number of likely N-dealkylation sites (tertiary alicyclic amines) is 1. The van der Waals surface area contributed by atoms with E-state index < -0.39 is 11.8 Å². The maximum atomic E-state index is 11.0. The molecule has 0 saturated carbocycles. The lowest BCUT2D eigenvalue weighted by molar-refractivity contribution is -0.0920. The van der Waals surface area contributed by atoms with Gasteiger partial charge in [-0.25, -0.2) is 4.79 Å². The summed E-state index contributed by atoms with van der Waals surface area (Å²) in [4.78, 5) is 13.2. The molecule has 1 aromatic rings. The van der Waals surface area contributed by atoms with E-state index in [1.54, 1.807) is 0 Å². The lowest BCUT2D eigenvalue weighted by Crippen LogP contribution is -2.50. The summed E-state index contributed by atoms with van der Waals surface area (Å²) in [7, 11) is 2.05. The Balaban J connectivity index is 2.38. The van der Waals surface area contributed by atoms with Gasteiger partial charge in [0.1, 0.15) is 5.60 Å². The molecule has 0 spiro atoms. The van der Waals surface area contributed by atoms with Crippen LogP contribution in [0.4, 0.5) is 4.79 Å². The number of piperidine rings is 1. The molecule has 1 aliphatic heterocycles. The van der Waals surface area contributed by atoms with Crippen LogP contribution in [0.25, 0.3) is 0 Å². The van der Waals surface area contributed by atoms with E-state index in [1.165, 1.54) is 0 Å². The predicted molar refractivity (Wildman–Crippen MR) is 68.5 cm³/mol. The molecule has 1 saturated heterocycles. The molecule has 1 heterocycles. The van der Waals surface area contributed by atoms with Gasteiger partial charge < -0.3 is 14.7 Å². The van der Waals surface area contributed by atoms with Crippen LogP contribution in [0.1, 0.15) is 18.9 Å². The van der Waals surface area contributed by atoms with E-state index >= 15 is 0 Å². The van der Waals surface area contributed by atoms with Gasteiger partial charge in [0.05, 0.1) is 0 Å². The maximum Gasteiger partial charge on any atom is 0.506 e. The van der Waals surface area contributed by atoms with Crippen molar-refractivity contribution in [2.45, 2.75) is 18.9 Å². The van der Waals surface area contributed by atoms with Gasteiger partial charge in [-0.3, -0.25) is 0 Å². The van der Waals surface area contributed by atoms with Gasteiger partial charge in [-0.15, -0.1) is 0 Å². The molecule has 2 unspecified atom stereocenters. The van der Waals surface area contributed by atoms with E-state index in [9.17, 15) is 4.79 Å². The topological polar surface area (TPSA) is 49.8 Å². The fraction of sp³-hybridized carbons (Fsp3) is 0.500. The quantitative estimate of drug-likeness (QED) is 0.818. The molecule has 1 aromatic carbocycles. The summed E-state index contributed by atoms with van der Waals surface area (Å²) in [5, 5.41) is 9.04. The van der Waals surface area contributed by atoms with Crippen LogP contribution in [0.3, 0.4) is 0 Å². The smallest absolute Gasteiger partial charge is 0.450 e. The molecule has 0 aromatic heterocycles. The second-order valence-electron chi connectivity index (χ2n) is 5.04. The van der Waals surface area contributed by atoms with Gasteiger partial charge in [-0.2, -0.15) is 0 Å². The third-order valence-electron chi connectivity index (χ3n) is 3.78. The summed E-state index contributed by atoms with van der Waals surface area (Å²) in [5.74, 6) is 0.134. The molecule has 1 fully saturated rings. The van der Waals surface area contributed by atoms with Crippen LogP contribution in [0.5, 0.6) is 0 Å². The first-order valence-corrected chi connectivity index (χ1v) is 6.20. The van der Waals surface area contributed by atoms with Crippen LogP contribution in [0, 0.1) is 5.92 Å². The normalized spacial score (nSPS) is 28.9. The number of hydrogen-bond acceptors (Lipinski definition) is 3. The number of hydrogen-bond donors (Lipinski definition) is 1. The zero-order valence-corrected chi connectivity index (χ0v) is 10.8. The predicted octanol–water partition coefficient (Wildman–Crippen LogP) is 2.55. The summed E-state index contributed by atoms with van der Waals surface area (Å²) >= 11 is 0. The third kappa shape index (κ3) is 2.34. The lowest BCUT2D eigenvalue weighted by atomic mass is 9.77. The van der Waals surface area contributed by atoms with Crippen molar-refractivity contribution in [2.24, 2.45) is 5.92 Å². The van der Waals surface area contributed by atoms with E-state index in [0.29, 0.717) is 6.42 Å². The summed E-state index contributed by atoms with van der Waals surface area (Å²) in [6.45, 7) is 3.72. The van der Waals surface area contributed by atoms with Crippen LogP contribution in [0.15, 0.2) is 30.3 Å². The molecular formula is C14H19NO3. The van der Waals surface area contributed by atoms with Crippen molar-refractivity contribution < 1.29 is 14.6 Å². The molecule has 0 radical (unpaired) electrons. The van der Waals surface area contributed by atoms with Gasteiger partial charge in [0.25, 0.3) is 0 Å². The molecule has 1 N–H and O–H groups in total. The van der Waals surface area contributed by atoms with E-state index in [-0.39, 0.29) is 5.92 Å². The fourth-order valence-corrected chi connectivity index (χ4v) is 2.83. The Morgan fingerprint density at radius 2 is 2.11 bits per heavy atom. The van der Waals surface area contributed by atoms with E-state index in [1.807, 2.05) is 44.3 Å². The van der Waals surface area contributed by atoms with Crippen LogP contribution < -0.4 is 0 Å². The summed E-state index contributed by atoms with van der Waals surface area (Å²) in [6.07, 6.45) is -0.503. The van der Waals surface area contributed by atoms with E-state index in [0.717, 1.165) is 18.7 Å². The van der Waals surface area contributed by atoms with Gasteiger partial charge in [-0.1, -0.05) is 37.3 Å². The van der Waals surface area contributed by atoms with Crippen molar-refractivity contribution in [3.63, 3.8) is 0 Å². The maximum absolute atomic E-state index is 11.0. The lowest BCUT2D eigenvalue weighted by Gasteiger charge is -2.44. The minimum atomic E-state index is -1.20. The number of carbonyl (C=O) groups is 1. The highest BCUT2D eigenvalue weighted by Crippen LogP contribution is 2.40. The highest BCUT2D eigenvalue weighted by atomic mass is 16.7. The van der Waals surface area contributed by atoms with E-state index in [2.05, 4.69) is 4.90 Å². The minimum Gasteiger partial charge on any atom is -0.450 e. The van der Waals surface area contributed by atoms with Crippen molar-refractivity contribution in [3.05, 3.63) is 35.9 Å². The fourth-order valence-electron chi connectivity index (χ4n) is 2.83. The molecule has 98 valence electrons. The molecular weight excluding hydrogens is 230 g/mol. The molecule has 4 nitrogen and oxygen atoms in total. The zero-order valence-electron chi connectivity index (χ0n) is 10.8. The molecule has 0 aliphatic carbocycles. The highest BCUT2D eigenvalue weighted by molar-refractivity contribution is 5.58. The second kappa shape index (κ2) is 4.98. The first kappa shape index (κ1) is 12.9. The van der Waals surface area contributed by atoms with Gasteiger partial charge in [0, 0.05) is 25.4 Å². The molecule has 2 atom stereocenters. The number of nitrogens with zero attached hydrogens (tertiary/aromatic N) is 1. The molecule has 2 rings (SSSR count). The highest BCUT2D eigenvalue weighted by Gasteiger charge is 2.44. The largest absolute Gasteiger partial charge is 0.506 e. The SMILES string of the molecule is CC1CN(C)CCC1(OC(=O)O)c1ccccc1. The van der Waals surface area contributed by atoms with Crippen molar-refractivity contribution >= 4 is 6.16 Å². The van der Waals surface area contributed by atoms with Crippen molar-refractivity contribution in [1.29, 1.82) is 0 Å². The van der Waals surface area contributed by atoms with E-state index in [4.69, 9.17) is 9.84 Å². The van der Waals surface area contributed by atoms with Crippen LogP contribution >= 0.6 is 0 Å². The summed E-state index contributed by atoms with van der Waals surface area (Å²) < 4.78 is 5.32. The molecule has 0 amide bonds. The number of benzene rings is 1. The Labute approximate surface area is 107 Å². The standard InChI is InChI=1S/C14H19NO3/c1-11-10-15(2)9-8-14(11,18-13(16)17)12-6-4-3-5-7-12/h3-7,11H,8-10H2,1-2H3,(H,16,17). The van der Waals surface area contributed by atoms with Crippen LogP contribution in [-0.4, -0.2) is 36.3 Å². The van der Waals surface area contributed by atoms with Gasteiger partial charge >= 0.3 is 6.16 Å². The monoisotopic (exact) mass is 249 g/mol. The Hall–Kier alpha value is -1.55. The zero-order chi connectivity index (χ0) is 13.2. The average Bonchev–Trinajstić information content (AvgIpc) is 2.34. The Morgan fingerprint density at radius 3 is 2.67 bits per heavy atom. The van der Waals surface area contributed by atoms with Gasteiger partial charge in [0.2, 0.25) is 0 Å². The van der Waals surface area contributed by atoms with Gasteiger partial charge in [0.15, 0.2) is 0 Å². The van der Waals surface area contributed by atoms with Crippen LogP contribution in [-0.2, 0) is 10.3 Å². The first-order chi connectivity index (χ1) is 8.54. The Morgan fingerprint density at radius 1 is 1.44 bits per heavy atom. The van der Waals surface area contributed by atoms with Gasteiger partial charge in [-0.05, 0) is 12.6 Å². The molecule has 4 heteroatoms. The number of ether oxygens (including phenoxy) is 1. The Bertz CT molecular complexity index is 420. The Kier molecular flexibility index (Phi) is 3.57. The second-order valence-corrected chi connectivity index (χ2v) is 5.04. The number of rotatable bonds is 2. The summed E-state index contributed by atoms with van der Waals surface area (Å²) in [6, 6.07) is 9.67. The molecule has 18 heavy (non-hydrogen) atoms. The van der Waals surface area contributed by atoms with Crippen molar-refractivity contribution in [1.82, 2.24) is 4.90 Å². The molecule has 1 aliphatic rings. The molecule has 0 bridgehead atoms. The first-order valence-electron chi connectivity index (χ1n) is 6.20.